The second-order valence-electron chi connectivity index (χ2n) is 5.91. The first kappa shape index (κ1) is 14.5. The Kier molecular flexibility index (Phi) is 4.53. The number of aryl methyl sites for hydroxylation is 1. The SMILES string of the molecule is O=C(CC1CCCCC1)Nc1nc2c(s1)C(=O)NCCC2. The molecule has 0 bridgehead atoms. The number of aromatic nitrogens is 1. The average molecular weight is 307 g/mol. The third kappa shape index (κ3) is 3.61. The summed E-state index contributed by atoms with van der Waals surface area (Å²) in [4.78, 5) is 29.0. The molecule has 0 saturated heterocycles. The Morgan fingerprint density at radius 1 is 1.29 bits per heavy atom. The molecule has 0 aromatic carbocycles. The van der Waals surface area contributed by atoms with Gasteiger partial charge in [0, 0.05) is 13.0 Å². The van der Waals surface area contributed by atoms with Crippen molar-refractivity contribution >= 4 is 28.3 Å². The summed E-state index contributed by atoms with van der Waals surface area (Å²) in [6.45, 7) is 0.700. The van der Waals surface area contributed by atoms with Gasteiger partial charge < -0.3 is 10.6 Å². The number of fused-ring (bicyclic) bond motifs is 1. The van der Waals surface area contributed by atoms with E-state index in [9.17, 15) is 9.59 Å². The Balaban J connectivity index is 1.61. The maximum absolute atomic E-state index is 12.1. The van der Waals surface area contributed by atoms with Crippen molar-refractivity contribution < 1.29 is 9.59 Å². The fourth-order valence-corrected chi connectivity index (χ4v) is 4.06. The van der Waals surface area contributed by atoms with Crippen molar-refractivity contribution in [1.29, 1.82) is 0 Å². The molecule has 1 saturated carbocycles. The van der Waals surface area contributed by atoms with E-state index in [4.69, 9.17) is 0 Å². The molecule has 6 heteroatoms. The van der Waals surface area contributed by atoms with Crippen molar-refractivity contribution in [3.63, 3.8) is 0 Å². The highest BCUT2D eigenvalue weighted by Crippen LogP contribution is 2.28. The van der Waals surface area contributed by atoms with Crippen molar-refractivity contribution in [2.24, 2.45) is 5.92 Å². The highest BCUT2D eigenvalue weighted by molar-refractivity contribution is 7.17. The maximum atomic E-state index is 12.1. The Hall–Kier alpha value is -1.43. The van der Waals surface area contributed by atoms with Crippen LogP contribution in [0.3, 0.4) is 0 Å². The molecule has 1 aliphatic heterocycles. The highest BCUT2D eigenvalue weighted by atomic mass is 32.1. The Labute approximate surface area is 128 Å². The van der Waals surface area contributed by atoms with Gasteiger partial charge in [-0.3, -0.25) is 9.59 Å². The average Bonchev–Trinajstić information content (AvgIpc) is 2.79. The van der Waals surface area contributed by atoms with E-state index >= 15 is 0 Å². The van der Waals surface area contributed by atoms with Gasteiger partial charge in [-0.15, -0.1) is 0 Å². The first-order valence-corrected chi connectivity index (χ1v) is 8.62. The minimum absolute atomic E-state index is 0.0335. The molecule has 2 amide bonds. The van der Waals surface area contributed by atoms with Crippen LogP contribution in [0.1, 0.15) is 60.3 Å². The van der Waals surface area contributed by atoms with Gasteiger partial charge in [0.1, 0.15) is 4.88 Å². The Bertz CT molecular complexity index is 535. The Morgan fingerprint density at radius 2 is 2.10 bits per heavy atom. The van der Waals surface area contributed by atoms with E-state index < -0.39 is 0 Å². The number of rotatable bonds is 3. The van der Waals surface area contributed by atoms with Crippen molar-refractivity contribution in [2.75, 3.05) is 11.9 Å². The van der Waals surface area contributed by atoms with Crippen LogP contribution in [0.4, 0.5) is 5.13 Å². The van der Waals surface area contributed by atoms with Gasteiger partial charge in [0.25, 0.3) is 5.91 Å². The monoisotopic (exact) mass is 307 g/mol. The summed E-state index contributed by atoms with van der Waals surface area (Å²) < 4.78 is 0. The van der Waals surface area contributed by atoms with Gasteiger partial charge in [0.05, 0.1) is 5.69 Å². The summed E-state index contributed by atoms with van der Waals surface area (Å²) in [7, 11) is 0. The fourth-order valence-electron chi connectivity index (χ4n) is 3.11. The predicted octanol–water partition coefficient (Wildman–Crippen LogP) is 2.73. The lowest BCUT2D eigenvalue weighted by Crippen LogP contribution is -2.21. The van der Waals surface area contributed by atoms with Crippen LogP contribution in [0.15, 0.2) is 0 Å². The maximum Gasteiger partial charge on any atom is 0.263 e. The highest BCUT2D eigenvalue weighted by Gasteiger charge is 2.22. The largest absolute Gasteiger partial charge is 0.351 e. The van der Waals surface area contributed by atoms with Crippen LogP contribution in [0.2, 0.25) is 0 Å². The van der Waals surface area contributed by atoms with E-state index in [1.807, 2.05) is 0 Å². The third-order valence-electron chi connectivity index (χ3n) is 4.22. The van der Waals surface area contributed by atoms with Gasteiger partial charge in [-0.2, -0.15) is 0 Å². The smallest absolute Gasteiger partial charge is 0.263 e. The summed E-state index contributed by atoms with van der Waals surface area (Å²) >= 11 is 1.29. The van der Waals surface area contributed by atoms with E-state index in [1.54, 1.807) is 0 Å². The van der Waals surface area contributed by atoms with E-state index in [2.05, 4.69) is 15.6 Å². The molecule has 1 fully saturated rings. The summed E-state index contributed by atoms with van der Waals surface area (Å²) in [6, 6.07) is 0. The summed E-state index contributed by atoms with van der Waals surface area (Å²) in [5.74, 6) is 0.485. The van der Waals surface area contributed by atoms with Crippen LogP contribution in [-0.2, 0) is 11.2 Å². The first-order chi connectivity index (χ1) is 10.2. The number of nitrogens with one attached hydrogen (secondary N) is 2. The molecule has 2 N–H and O–H groups in total. The van der Waals surface area contributed by atoms with Crippen LogP contribution in [0, 0.1) is 5.92 Å². The lowest BCUT2D eigenvalue weighted by atomic mass is 9.87. The van der Waals surface area contributed by atoms with E-state index in [0.29, 0.717) is 28.9 Å². The topological polar surface area (TPSA) is 71.1 Å². The van der Waals surface area contributed by atoms with Crippen LogP contribution < -0.4 is 10.6 Å². The zero-order chi connectivity index (χ0) is 14.7. The molecule has 5 nitrogen and oxygen atoms in total. The zero-order valence-corrected chi connectivity index (χ0v) is 12.9. The predicted molar refractivity (Wildman–Crippen MR) is 82.6 cm³/mol. The van der Waals surface area contributed by atoms with Crippen molar-refractivity contribution in [1.82, 2.24) is 10.3 Å². The first-order valence-electron chi connectivity index (χ1n) is 7.80. The second-order valence-corrected chi connectivity index (χ2v) is 6.91. The van der Waals surface area contributed by atoms with Gasteiger partial charge in [0.2, 0.25) is 5.91 Å². The fraction of sp³-hybridized carbons (Fsp3) is 0.667. The van der Waals surface area contributed by atoms with Gasteiger partial charge in [0.15, 0.2) is 5.13 Å². The molecule has 0 radical (unpaired) electrons. The molecule has 2 aliphatic rings. The molecule has 3 rings (SSSR count). The molecule has 1 aromatic rings. The molecule has 21 heavy (non-hydrogen) atoms. The van der Waals surface area contributed by atoms with E-state index in [1.165, 1.54) is 30.6 Å². The van der Waals surface area contributed by atoms with Gasteiger partial charge in [-0.05, 0) is 31.6 Å². The number of thiazole rings is 1. The van der Waals surface area contributed by atoms with Crippen molar-refractivity contribution in [3.8, 4) is 0 Å². The standard InChI is InChI=1S/C15H21N3O2S/c19-12(9-10-5-2-1-3-6-10)18-15-17-11-7-4-8-16-14(20)13(11)21-15/h10H,1-9H2,(H,16,20)(H,17,18,19). The van der Waals surface area contributed by atoms with Gasteiger partial charge in [-0.1, -0.05) is 30.6 Å². The molecule has 1 aromatic heterocycles. The Morgan fingerprint density at radius 3 is 2.90 bits per heavy atom. The molecule has 0 atom stereocenters. The van der Waals surface area contributed by atoms with Gasteiger partial charge in [-0.25, -0.2) is 4.98 Å². The van der Waals surface area contributed by atoms with Crippen LogP contribution in [0.25, 0.3) is 0 Å². The van der Waals surface area contributed by atoms with Crippen LogP contribution in [-0.4, -0.2) is 23.3 Å². The van der Waals surface area contributed by atoms with Crippen LogP contribution >= 0.6 is 11.3 Å². The molecule has 0 spiro atoms. The van der Waals surface area contributed by atoms with E-state index in [0.717, 1.165) is 31.4 Å². The quantitative estimate of drug-likeness (QED) is 0.902. The number of carbonyl (C=O) groups excluding carboxylic acids is 2. The number of amides is 2. The summed E-state index contributed by atoms with van der Waals surface area (Å²) in [5, 5.41) is 6.30. The number of hydrogen-bond donors (Lipinski definition) is 2. The lowest BCUT2D eigenvalue weighted by molar-refractivity contribution is -0.117. The van der Waals surface area contributed by atoms with E-state index in [-0.39, 0.29) is 11.8 Å². The molecule has 1 aliphatic carbocycles. The molecule has 0 unspecified atom stereocenters. The number of carbonyl (C=O) groups is 2. The molecule has 2 heterocycles. The minimum atomic E-state index is -0.0622. The number of nitrogens with zero attached hydrogens (tertiary/aromatic N) is 1. The number of hydrogen-bond acceptors (Lipinski definition) is 4. The minimum Gasteiger partial charge on any atom is -0.351 e. The molecular formula is C15H21N3O2S. The third-order valence-corrected chi connectivity index (χ3v) is 5.24. The van der Waals surface area contributed by atoms with Crippen molar-refractivity contribution in [2.45, 2.75) is 51.4 Å². The van der Waals surface area contributed by atoms with Gasteiger partial charge >= 0.3 is 0 Å². The summed E-state index contributed by atoms with van der Waals surface area (Å²) in [6.07, 6.45) is 8.37. The second kappa shape index (κ2) is 6.56. The zero-order valence-electron chi connectivity index (χ0n) is 12.1. The molecule has 114 valence electrons. The summed E-state index contributed by atoms with van der Waals surface area (Å²) in [5.41, 5.74) is 0.822. The lowest BCUT2D eigenvalue weighted by Gasteiger charge is -2.20. The normalized spacial score (nSPS) is 19.5. The van der Waals surface area contributed by atoms with Crippen LogP contribution in [0.5, 0.6) is 0 Å². The number of anilines is 1. The van der Waals surface area contributed by atoms with Crippen molar-refractivity contribution in [3.05, 3.63) is 10.6 Å². The molecular weight excluding hydrogens is 286 g/mol.